The topological polar surface area (TPSA) is 37.5 Å². The predicted molar refractivity (Wildman–Crippen MR) is 106 cm³/mol. The Morgan fingerprint density at radius 3 is 3.00 bits per heavy atom. The van der Waals surface area contributed by atoms with Crippen molar-refractivity contribution in [1.82, 2.24) is 9.88 Å². The van der Waals surface area contributed by atoms with E-state index in [1.807, 2.05) is 18.4 Å². The molecule has 1 saturated heterocycles. The SMILES string of the molecule is [2H][C@@]12C[C@H](/C(C)=C\OC)[C@H](CC)CN1CCc1c2[nH]c2cccc(OC)c12. The molecule has 0 aliphatic carbocycles. The summed E-state index contributed by atoms with van der Waals surface area (Å²) in [6.07, 6.45) is 4.74. The van der Waals surface area contributed by atoms with Crippen LogP contribution in [0.5, 0.6) is 5.75 Å². The second-order valence-corrected chi connectivity index (χ2v) is 7.58. The molecule has 26 heavy (non-hydrogen) atoms. The molecule has 4 nitrogen and oxygen atoms in total. The van der Waals surface area contributed by atoms with Gasteiger partial charge in [0.15, 0.2) is 0 Å². The van der Waals surface area contributed by atoms with Crippen molar-refractivity contribution < 1.29 is 10.8 Å². The van der Waals surface area contributed by atoms with Crippen LogP contribution >= 0.6 is 0 Å². The van der Waals surface area contributed by atoms with Crippen molar-refractivity contribution in [3.63, 3.8) is 0 Å². The average molecular weight is 356 g/mol. The highest BCUT2D eigenvalue weighted by Crippen LogP contribution is 2.46. The number of piperidine rings is 1. The van der Waals surface area contributed by atoms with Gasteiger partial charge in [-0.1, -0.05) is 19.4 Å². The fourth-order valence-electron chi connectivity index (χ4n) is 4.93. The molecular formula is C22H30N2O2. The van der Waals surface area contributed by atoms with Gasteiger partial charge >= 0.3 is 0 Å². The number of ether oxygens (including phenoxy) is 2. The van der Waals surface area contributed by atoms with Crippen molar-refractivity contribution in [3.8, 4) is 5.75 Å². The fourth-order valence-corrected chi connectivity index (χ4v) is 4.93. The van der Waals surface area contributed by atoms with Gasteiger partial charge in [0.05, 0.1) is 27.9 Å². The molecule has 4 rings (SSSR count). The molecule has 2 aliphatic heterocycles. The molecule has 2 aliphatic rings. The molecule has 0 radical (unpaired) electrons. The first-order chi connectivity index (χ1) is 13.0. The molecular weight excluding hydrogens is 324 g/mol. The summed E-state index contributed by atoms with van der Waals surface area (Å²) in [5.41, 5.74) is 4.64. The van der Waals surface area contributed by atoms with Crippen molar-refractivity contribution in [2.24, 2.45) is 11.8 Å². The van der Waals surface area contributed by atoms with Gasteiger partial charge < -0.3 is 14.5 Å². The van der Waals surface area contributed by atoms with Crippen molar-refractivity contribution in [2.75, 3.05) is 27.3 Å². The molecule has 3 atom stereocenters. The normalized spacial score (nSPS) is 29.8. The number of benzene rings is 1. The fraction of sp³-hybridized carbons (Fsp3) is 0.545. The molecule has 0 bridgehead atoms. The number of nitrogens with one attached hydrogen (secondary N) is 1. The van der Waals surface area contributed by atoms with Crippen LogP contribution in [0.15, 0.2) is 30.0 Å². The summed E-state index contributed by atoms with van der Waals surface area (Å²) in [6.45, 7) is 6.30. The van der Waals surface area contributed by atoms with Crippen LogP contribution in [0.2, 0.25) is 0 Å². The summed E-state index contributed by atoms with van der Waals surface area (Å²) in [7, 11) is 3.43. The highest BCUT2D eigenvalue weighted by Gasteiger charge is 2.40. The lowest BCUT2D eigenvalue weighted by Crippen LogP contribution is -2.46. The lowest BCUT2D eigenvalue weighted by Gasteiger charge is -2.46. The van der Waals surface area contributed by atoms with Gasteiger partial charge in [-0.05, 0) is 54.9 Å². The minimum absolute atomic E-state index is 0.364. The van der Waals surface area contributed by atoms with Gasteiger partial charge in [-0.15, -0.1) is 0 Å². The zero-order chi connectivity index (χ0) is 19.2. The number of hydrogen-bond acceptors (Lipinski definition) is 3. The summed E-state index contributed by atoms with van der Waals surface area (Å²) in [5.74, 6) is 1.83. The summed E-state index contributed by atoms with van der Waals surface area (Å²) in [5, 5.41) is 1.15. The lowest BCUT2D eigenvalue weighted by molar-refractivity contribution is 0.0625. The van der Waals surface area contributed by atoms with Gasteiger partial charge in [0.2, 0.25) is 0 Å². The van der Waals surface area contributed by atoms with Crippen molar-refractivity contribution in [2.45, 2.75) is 39.1 Å². The number of H-pyrrole nitrogens is 1. The largest absolute Gasteiger partial charge is 0.504 e. The Bertz CT molecular complexity index is 875. The van der Waals surface area contributed by atoms with E-state index in [0.717, 1.165) is 54.7 Å². The second kappa shape index (κ2) is 6.99. The third-order valence-corrected chi connectivity index (χ3v) is 6.26. The Labute approximate surface area is 157 Å². The Kier molecular flexibility index (Phi) is 4.37. The number of hydrogen-bond donors (Lipinski definition) is 1. The van der Waals surface area contributed by atoms with Gasteiger partial charge in [-0.2, -0.15) is 0 Å². The molecule has 0 spiro atoms. The second-order valence-electron chi connectivity index (χ2n) is 7.58. The standard InChI is InChI=1S/C22H30N2O2/c1-5-15-12-24-10-9-16-21-18(7-6-8-20(21)26-4)23-22(16)19(24)11-17(15)14(2)13-25-3/h6-8,13,15,17,19,23H,5,9-12H2,1-4H3/b14-13-/t15-,17-,19+/m1/s1/i19D. The zero-order valence-corrected chi connectivity index (χ0v) is 16.3. The highest BCUT2D eigenvalue weighted by molar-refractivity contribution is 5.91. The molecule has 3 heterocycles. The van der Waals surface area contributed by atoms with Gasteiger partial charge in [-0.25, -0.2) is 0 Å². The highest BCUT2D eigenvalue weighted by atomic mass is 16.5. The number of aromatic nitrogens is 1. The van der Waals surface area contributed by atoms with Crippen LogP contribution in [0.3, 0.4) is 0 Å². The number of methoxy groups -OCH3 is 2. The van der Waals surface area contributed by atoms with E-state index in [-0.39, 0.29) is 0 Å². The van der Waals surface area contributed by atoms with Gasteiger partial charge in [0.1, 0.15) is 5.75 Å². The smallest absolute Gasteiger partial charge is 0.128 e. The Morgan fingerprint density at radius 2 is 2.27 bits per heavy atom. The number of rotatable bonds is 4. The van der Waals surface area contributed by atoms with E-state index in [9.17, 15) is 1.37 Å². The Balaban J connectivity index is 1.82. The van der Waals surface area contributed by atoms with Crippen molar-refractivity contribution >= 4 is 10.9 Å². The molecule has 0 unspecified atom stereocenters. The van der Waals surface area contributed by atoms with Crippen LogP contribution in [0.4, 0.5) is 0 Å². The lowest BCUT2D eigenvalue weighted by atomic mass is 9.74. The van der Waals surface area contributed by atoms with E-state index in [2.05, 4.69) is 29.8 Å². The molecule has 4 heteroatoms. The molecule has 1 fully saturated rings. The van der Waals surface area contributed by atoms with Gasteiger partial charge in [-0.3, -0.25) is 4.90 Å². The molecule has 140 valence electrons. The molecule has 1 aromatic heterocycles. The minimum Gasteiger partial charge on any atom is -0.504 e. The first kappa shape index (κ1) is 16.2. The van der Waals surface area contributed by atoms with Crippen molar-refractivity contribution in [3.05, 3.63) is 41.3 Å². The van der Waals surface area contributed by atoms with E-state index >= 15 is 0 Å². The van der Waals surface area contributed by atoms with Crippen molar-refractivity contribution in [1.29, 1.82) is 0 Å². The van der Waals surface area contributed by atoms with Crippen LogP contribution in [0.1, 0.15) is 45.3 Å². The Hall–Kier alpha value is -1.94. The number of allylic oxidation sites excluding steroid dienone is 1. The van der Waals surface area contributed by atoms with Crippen LogP contribution in [-0.4, -0.2) is 37.2 Å². The van der Waals surface area contributed by atoms with Crippen LogP contribution in [-0.2, 0) is 11.2 Å². The molecule has 0 saturated carbocycles. The van der Waals surface area contributed by atoms with E-state index in [1.54, 1.807) is 14.2 Å². The Morgan fingerprint density at radius 1 is 1.42 bits per heavy atom. The van der Waals surface area contributed by atoms with Gasteiger partial charge in [0, 0.05) is 29.7 Å². The summed E-state index contributed by atoms with van der Waals surface area (Å²) in [4.78, 5) is 5.97. The van der Waals surface area contributed by atoms with E-state index < -0.39 is 6.02 Å². The summed E-state index contributed by atoms with van der Waals surface area (Å²) in [6, 6.07) is 5.40. The molecule has 1 aromatic carbocycles. The number of nitrogens with zero attached hydrogens (tertiary/aromatic N) is 1. The number of aromatic amines is 1. The van der Waals surface area contributed by atoms with E-state index in [1.165, 1.54) is 11.1 Å². The third kappa shape index (κ3) is 2.71. The monoisotopic (exact) mass is 355 g/mol. The van der Waals surface area contributed by atoms with Crippen LogP contribution in [0, 0.1) is 11.8 Å². The first-order valence-electron chi connectivity index (χ1n) is 10.2. The maximum atomic E-state index is 9.53. The minimum atomic E-state index is -0.725. The summed E-state index contributed by atoms with van der Waals surface area (Å²) >= 11 is 0. The molecule has 0 amide bonds. The maximum Gasteiger partial charge on any atom is 0.128 e. The van der Waals surface area contributed by atoms with Crippen LogP contribution < -0.4 is 4.74 Å². The number of fused-ring (bicyclic) bond motifs is 5. The zero-order valence-electron chi connectivity index (χ0n) is 17.3. The third-order valence-electron chi connectivity index (χ3n) is 6.26. The van der Waals surface area contributed by atoms with E-state index in [0.29, 0.717) is 11.8 Å². The quantitative estimate of drug-likeness (QED) is 0.810. The first-order valence-corrected chi connectivity index (χ1v) is 9.66. The summed E-state index contributed by atoms with van der Waals surface area (Å²) < 4.78 is 20.5. The van der Waals surface area contributed by atoms with Gasteiger partial charge in [0.25, 0.3) is 0 Å². The maximum absolute atomic E-state index is 9.53. The molecule has 2 aromatic rings. The molecule has 1 N–H and O–H groups in total. The van der Waals surface area contributed by atoms with Crippen LogP contribution in [0.25, 0.3) is 10.9 Å². The van der Waals surface area contributed by atoms with E-state index in [4.69, 9.17) is 9.47 Å². The average Bonchev–Trinajstić information content (AvgIpc) is 3.07. The predicted octanol–water partition coefficient (Wildman–Crippen LogP) is 4.67.